The topological polar surface area (TPSA) is 88.4 Å². The molecule has 1 saturated heterocycles. The first kappa shape index (κ1) is 27.1. The molecule has 3 aromatic carbocycles. The fourth-order valence-corrected chi connectivity index (χ4v) is 5.18. The highest BCUT2D eigenvalue weighted by molar-refractivity contribution is 9.10. The molecule has 0 aliphatic carbocycles. The van der Waals surface area contributed by atoms with Gasteiger partial charge in [-0.3, -0.25) is 9.69 Å². The van der Waals surface area contributed by atoms with Gasteiger partial charge in [-0.2, -0.15) is 0 Å². The highest BCUT2D eigenvalue weighted by Crippen LogP contribution is 2.41. The standard InChI is InChI=1S/C26H19BrCl2N2O5S/c1-2-35-21-12-15(11-20(27)24(21)36-14-23(32)33)13-22-25(34)31(19-9-5-17(29)6-10-19)26(37-22)30-18-7-3-16(28)4-8-18/h3-13H,2,14H2,1H3,(H,32,33)/b22-13-,30-26?. The Morgan fingerprint density at radius 3 is 2.35 bits per heavy atom. The van der Waals surface area contributed by atoms with Crippen molar-refractivity contribution in [2.45, 2.75) is 6.92 Å². The van der Waals surface area contributed by atoms with Gasteiger partial charge in [0.15, 0.2) is 23.3 Å². The predicted molar refractivity (Wildman–Crippen MR) is 151 cm³/mol. The van der Waals surface area contributed by atoms with Gasteiger partial charge in [-0.15, -0.1) is 0 Å². The quantitative estimate of drug-likeness (QED) is 0.263. The van der Waals surface area contributed by atoms with Gasteiger partial charge < -0.3 is 14.6 Å². The third-order valence-electron chi connectivity index (χ3n) is 4.91. The Hall–Kier alpha value is -2.98. The van der Waals surface area contributed by atoms with Crippen LogP contribution in [0.3, 0.4) is 0 Å². The van der Waals surface area contributed by atoms with E-state index in [4.69, 9.17) is 37.8 Å². The Bertz CT molecular complexity index is 1400. The average Bonchev–Trinajstić information content (AvgIpc) is 3.15. The number of ether oxygens (including phenoxy) is 2. The lowest BCUT2D eigenvalue weighted by Gasteiger charge is -2.15. The number of aliphatic carboxylic acids is 1. The Morgan fingerprint density at radius 1 is 1.08 bits per heavy atom. The van der Waals surface area contributed by atoms with E-state index in [2.05, 4.69) is 20.9 Å². The molecule has 7 nitrogen and oxygen atoms in total. The second-order valence-electron chi connectivity index (χ2n) is 7.54. The number of carboxylic acids is 1. The maximum absolute atomic E-state index is 13.6. The van der Waals surface area contributed by atoms with Gasteiger partial charge in [-0.1, -0.05) is 23.2 Å². The van der Waals surface area contributed by atoms with Crippen LogP contribution in [0.5, 0.6) is 11.5 Å². The van der Waals surface area contributed by atoms with Crippen LogP contribution in [-0.4, -0.2) is 35.4 Å². The first-order valence-corrected chi connectivity index (χ1v) is 13.3. The van der Waals surface area contributed by atoms with Crippen molar-refractivity contribution in [2.75, 3.05) is 18.1 Å². The summed E-state index contributed by atoms with van der Waals surface area (Å²) in [7, 11) is 0. The van der Waals surface area contributed by atoms with E-state index in [1.165, 1.54) is 16.7 Å². The van der Waals surface area contributed by atoms with Crippen molar-refractivity contribution in [2.24, 2.45) is 4.99 Å². The van der Waals surface area contributed by atoms with Gasteiger partial charge in [-0.25, -0.2) is 9.79 Å². The number of carboxylic acid groups (broad SMARTS) is 1. The number of hydrogen-bond donors (Lipinski definition) is 1. The zero-order valence-corrected chi connectivity index (χ0v) is 23.2. The Labute approximate surface area is 235 Å². The summed E-state index contributed by atoms with van der Waals surface area (Å²) in [5.41, 5.74) is 1.91. The zero-order valence-electron chi connectivity index (χ0n) is 19.3. The van der Waals surface area contributed by atoms with Gasteiger partial charge >= 0.3 is 5.97 Å². The molecule has 1 aliphatic heterocycles. The number of aliphatic imine (C=N–C) groups is 1. The highest BCUT2D eigenvalue weighted by Gasteiger charge is 2.35. The van der Waals surface area contributed by atoms with E-state index >= 15 is 0 Å². The number of carbonyl (C=O) groups is 2. The molecule has 0 spiro atoms. The minimum absolute atomic E-state index is 0.264. The Morgan fingerprint density at radius 2 is 1.73 bits per heavy atom. The van der Waals surface area contributed by atoms with Crippen molar-refractivity contribution in [1.29, 1.82) is 0 Å². The number of benzene rings is 3. The van der Waals surface area contributed by atoms with Crippen molar-refractivity contribution in [3.63, 3.8) is 0 Å². The third-order valence-corrected chi connectivity index (χ3v) is 6.97. The number of halogens is 3. The van der Waals surface area contributed by atoms with Crippen molar-refractivity contribution >= 4 is 85.4 Å². The van der Waals surface area contributed by atoms with Crippen LogP contribution in [0.15, 0.2) is 75.0 Å². The molecule has 0 unspecified atom stereocenters. The molecule has 1 N–H and O–H groups in total. The molecular formula is C26H19BrCl2N2O5S. The summed E-state index contributed by atoms with van der Waals surface area (Å²) in [5, 5.41) is 10.6. The van der Waals surface area contributed by atoms with Crippen LogP contribution in [0.1, 0.15) is 12.5 Å². The molecule has 0 radical (unpaired) electrons. The van der Waals surface area contributed by atoms with Crippen molar-refractivity contribution in [1.82, 2.24) is 0 Å². The minimum Gasteiger partial charge on any atom is -0.490 e. The lowest BCUT2D eigenvalue weighted by molar-refractivity contribution is -0.139. The van der Waals surface area contributed by atoms with E-state index in [-0.39, 0.29) is 11.7 Å². The normalized spacial score (nSPS) is 15.5. The smallest absolute Gasteiger partial charge is 0.341 e. The fourth-order valence-electron chi connectivity index (χ4n) is 3.35. The summed E-state index contributed by atoms with van der Waals surface area (Å²) >= 11 is 16.7. The van der Waals surface area contributed by atoms with Crippen molar-refractivity contribution < 1.29 is 24.2 Å². The maximum Gasteiger partial charge on any atom is 0.341 e. The van der Waals surface area contributed by atoms with Gasteiger partial charge in [-0.05, 0) is 107 Å². The van der Waals surface area contributed by atoms with E-state index < -0.39 is 12.6 Å². The molecule has 0 saturated carbocycles. The number of carbonyl (C=O) groups excluding carboxylic acids is 1. The highest BCUT2D eigenvalue weighted by atomic mass is 79.9. The summed E-state index contributed by atoms with van der Waals surface area (Å²) in [6, 6.07) is 17.3. The first-order chi connectivity index (χ1) is 17.7. The molecule has 1 heterocycles. The van der Waals surface area contributed by atoms with E-state index in [1.807, 2.05) is 0 Å². The number of hydrogen-bond acceptors (Lipinski definition) is 6. The van der Waals surface area contributed by atoms with E-state index in [1.54, 1.807) is 73.7 Å². The molecule has 11 heteroatoms. The van der Waals surface area contributed by atoms with E-state index in [0.29, 0.717) is 53.9 Å². The van der Waals surface area contributed by atoms with Crippen LogP contribution in [0.2, 0.25) is 10.0 Å². The lowest BCUT2D eigenvalue weighted by Crippen LogP contribution is -2.28. The number of thioether (sulfide) groups is 1. The zero-order chi connectivity index (χ0) is 26.5. The Balaban J connectivity index is 1.74. The lowest BCUT2D eigenvalue weighted by atomic mass is 10.1. The maximum atomic E-state index is 13.6. The van der Waals surface area contributed by atoms with Gasteiger partial charge in [0.2, 0.25) is 0 Å². The van der Waals surface area contributed by atoms with Crippen molar-refractivity contribution in [3.8, 4) is 11.5 Å². The molecule has 0 atom stereocenters. The van der Waals surface area contributed by atoms with Crippen LogP contribution < -0.4 is 14.4 Å². The van der Waals surface area contributed by atoms with E-state index in [0.717, 1.165) is 0 Å². The van der Waals surface area contributed by atoms with Crippen LogP contribution in [0.25, 0.3) is 6.08 Å². The molecule has 1 fully saturated rings. The second-order valence-corrected chi connectivity index (χ2v) is 10.3. The van der Waals surface area contributed by atoms with Gasteiger partial charge in [0.25, 0.3) is 5.91 Å². The number of amidine groups is 1. The SMILES string of the molecule is CCOc1cc(/C=C2\SC(=Nc3ccc(Cl)cc3)N(c3ccc(Cl)cc3)C2=O)cc(Br)c1OCC(=O)O. The molecular weight excluding hydrogens is 603 g/mol. The van der Waals surface area contributed by atoms with Crippen molar-refractivity contribution in [3.05, 3.63) is 85.7 Å². The van der Waals surface area contributed by atoms with Gasteiger partial charge in [0.05, 0.1) is 27.4 Å². The number of rotatable bonds is 8. The Kier molecular flexibility index (Phi) is 8.81. The largest absolute Gasteiger partial charge is 0.490 e. The summed E-state index contributed by atoms with van der Waals surface area (Å²) in [5.74, 6) is -0.752. The number of nitrogens with zero attached hydrogens (tertiary/aromatic N) is 2. The fraction of sp³-hybridized carbons (Fsp3) is 0.115. The third kappa shape index (κ3) is 6.67. The molecule has 0 bridgehead atoms. The van der Waals surface area contributed by atoms with Gasteiger partial charge in [0, 0.05) is 10.0 Å². The predicted octanol–water partition coefficient (Wildman–Crippen LogP) is 7.43. The summed E-state index contributed by atoms with van der Waals surface area (Å²) < 4.78 is 11.6. The average molecular weight is 622 g/mol. The first-order valence-electron chi connectivity index (χ1n) is 10.9. The van der Waals surface area contributed by atoms with Gasteiger partial charge in [0.1, 0.15) is 0 Å². The second kappa shape index (κ2) is 12.0. The molecule has 4 rings (SSSR count). The van der Waals surface area contributed by atoms with Crippen LogP contribution in [0, 0.1) is 0 Å². The minimum atomic E-state index is -1.11. The molecule has 1 amide bonds. The molecule has 1 aliphatic rings. The molecule has 190 valence electrons. The summed E-state index contributed by atoms with van der Waals surface area (Å²) in [6.45, 7) is 1.62. The molecule has 3 aromatic rings. The van der Waals surface area contributed by atoms with Crippen LogP contribution in [-0.2, 0) is 9.59 Å². The van der Waals surface area contributed by atoms with Crippen LogP contribution >= 0.6 is 50.9 Å². The summed E-state index contributed by atoms with van der Waals surface area (Å²) in [6.07, 6.45) is 1.72. The number of anilines is 1. The summed E-state index contributed by atoms with van der Waals surface area (Å²) in [4.78, 5) is 31.2. The van der Waals surface area contributed by atoms with Crippen LogP contribution in [0.4, 0.5) is 11.4 Å². The molecule has 37 heavy (non-hydrogen) atoms. The van der Waals surface area contributed by atoms with E-state index in [9.17, 15) is 9.59 Å². The monoisotopic (exact) mass is 620 g/mol. The molecule has 0 aromatic heterocycles. The number of amides is 1.